The molecule has 9 nitrogen and oxygen atoms in total. The van der Waals surface area contributed by atoms with Crippen LogP contribution in [-0.4, -0.2) is 59.3 Å². The Balaban J connectivity index is 1.27. The van der Waals surface area contributed by atoms with Crippen LogP contribution in [0, 0.1) is 0 Å². The molecule has 0 bridgehead atoms. The average molecular weight is 616 g/mol. The van der Waals surface area contributed by atoms with E-state index in [1.54, 1.807) is 11.8 Å². The topological polar surface area (TPSA) is 106 Å². The van der Waals surface area contributed by atoms with E-state index in [4.69, 9.17) is 4.74 Å². The highest BCUT2D eigenvalue weighted by atomic mass is 32.2. The molecule has 1 aliphatic rings. The molecule has 42 heavy (non-hydrogen) atoms. The van der Waals surface area contributed by atoms with Crippen molar-refractivity contribution in [1.82, 2.24) is 18.8 Å². The van der Waals surface area contributed by atoms with Crippen LogP contribution in [0.3, 0.4) is 0 Å². The zero-order valence-corrected chi connectivity index (χ0v) is 24.6. The summed E-state index contributed by atoms with van der Waals surface area (Å²) < 4.78 is 59.4. The number of halogens is 2. The molecule has 222 valence electrons. The Hall–Kier alpha value is -3.55. The number of benzene rings is 2. The molecular weight excluding hydrogens is 584 g/mol. The summed E-state index contributed by atoms with van der Waals surface area (Å²) in [4.78, 5) is 22.8. The van der Waals surface area contributed by atoms with E-state index < -0.39 is 27.6 Å². The Bertz CT molecular complexity index is 1680. The molecular formula is C29H31F2N5O4S2. The minimum absolute atomic E-state index is 0.00357. The first-order valence-electron chi connectivity index (χ1n) is 13.5. The van der Waals surface area contributed by atoms with Gasteiger partial charge in [0, 0.05) is 41.4 Å². The van der Waals surface area contributed by atoms with Gasteiger partial charge in [-0.1, -0.05) is 30.3 Å². The monoisotopic (exact) mass is 615 g/mol. The van der Waals surface area contributed by atoms with Crippen LogP contribution in [0.25, 0.3) is 11.0 Å². The fourth-order valence-corrected chi connectivity index (χ4v) is 6.49. The summed E-state index contributed by atoms with van der Waals surface area (Å²) >= 11 is 1.70. The molecule has 0 spiro atoms. The molecule has 0 atom stereocenters. The lowest BCUT2D eigenvalue weighted by Gasteiger charge is -2.30. The van der Waals surface area contributed by atoms with Crippen molar-refractivity contribution in [3.8, 4) is 5.75 Å². The molecule has 5 rings (SSSR count). The van der Waals surface area contributed by atoms with E-state index in [-0.39, 0.29) is 30.8 Å². The molecule has 1 fully saturated rings. The van der Waals surface area contributed by atoms with Gasteiger partial charge < -0.3 is 10.1 Å². The molecule has 13 heteroatoms. The standard InChI is InChI=1S/C29H31F2N5O4S2/c1-42(38,39)35-13-11-22(12-14-35)33-29-32-18-21-17-25(26(30)31)28(37)36(27(21)34-29)15-16-40-23-7-9-24(10-8-23)41-19-20-5-3-2-4-6-20/h2-10,17-18,22,26H,11-16,19H2,1H3,(H,32,33,34). The van der Waals surface area contributed by atoms with Crippen molar-refractivity contribution in [2.75, 3.05) is 31.3 Å². The van der Waals surface area contributed by atoms with E-state index >= 15 is 0 Å². The number of fused-ring (bicyclic) bond motifs is 1. The number of alkyl halides is 2. The van der Waals surface area contributed by atoms with Gasteiger partial charge in [0.2, 0.25) is 16.0 Å². The smallest absolute Gasteiger partial charge is 0.269 e. The van der Waals surface area contributed by atoms with Gasteiger partial charge in [-0.3, -0.25) is 9.36 Å². The molecule has 3 heterocycles. The van der Waals surface area contributed by atoms with E-state index in [0.717, 1.165) is 16.7 Å². The average Bonchev–Trinajstić information content (AvgIpc) is 2.98. The van der Waals surface area contributed by atoms with Crippen molar-refractivity contribution in [1.29, 1.82) is 0 Å². The predicted molar refractivity (Wildman–Crippen MR) is 160 cm³/mol. The summed E-state index contributed by atoms with van der Waals surface area (Å²) in [6.45, 7) is 0.811. The van der Waals surface area contributed by atoms with Crippen LogP contribution in [0.4, 0.5) is 14.7 Å². The molecule has 0 aliphatic carbocycles. The first kappa shape index (κ1) is 29.9. The van der Waals surface area contributed by atoms with Crippen LogP contribution < -0.4 is 15.6 Å². The zero-order valence-electron chi connectivity index (χ0n) is 22.9. The maximum absolute atomic E-state index is 13.7. The van der Waals surface area contributed by atoms with E-state index in [0.29, 0.717) is 37.1 Å². The van der Waals surface area contributed by atoms with Gasteiger partial charge in [-0.2, -0.15) is 4.98 Å². The number of hydrogen-bond donors (Lipinski definition) is 1. The number of hydrogen-bond acceptors (Lipinski definition) is 8. The highest BCUT2D eigenvalue weighted by Gasteiger charge is 2.25. The van der Waals surface area contributed by atoms with Gasteiger partial charge in [-0.05, 0) is 48.7 Å². The van der Waals surface area contributed by atoms with Gasteiger partial charge in [0.05, 0.1) is 18.4 Å². The normalized spacial score (nSPS) is 14.9. The highest BCUT2D eigenvalue weighted by Crippen LogP contribution is 2.25. The fourth-order valence-electron chi connectivity index (χ4n) is 4.76. The molecule has 0 amide bonds. The molecule has 0 radical (unpaired) electrons. The largest absolute Gasteiger partial charge is 0.492 e. The van der Waals surface area contributed by atoms with Crippen molar-refractivity contribution in [3.63, 3.8) is 0 Å². The first-order chi connectivity index (χ1) is 20.2. The maximum Gasteiger partial charge on any atom is 0.269 e. The third-order valence-electron chi connectivity index (χ3n) is 7.00. The quantitative estimate of drug-likeness (QED) is 0.237. The molecule has 1 aliphatic heterocycles. The van der Waals surface area contributed by atoms with Crippen molar-refractivity contribution >= 4 is 38.8 Å². The van der Waals surface area contributed by atoms with Crippen LogP contribution in [0.15, 0.2) is 76.6 Å². The Morgan fingerprint density at radius 1 is 1.10 bits per heavy atom. The summed E-state index contributed by atoms with van der Waals surface area (Å²) in [7, 11) is -3.26. The van der Waals surface area contributed by atoms with Gasteiger partial charge in [-0.15, -0.1) is 11.8 Å². The van der Waals surface area contributed by atoms with Gasteiger partial charge in [0.15, 0.2) is 0 Å². The molecule has 0 saturated carbocycles. The van der Waals surface area contributed by atoms with Crippen molar-refractivity contribution in [2.24, 2.45) is 0 Å². The van der Waals surface area contributed by atoms with Crippen LogP contribution in [0.1, 0.15) is 30.4 Å². The molecule has 2 aromatic heterocycles. The summed E-state index contributed by atoms with van der Waals surface area (Å²) in [6, 6.07) is 18.8. The van der Waals surface area contributed by atoms with Gasteiger partial charge in [0.1, 0.15) is 18.0 Å². The zero-order chi connectivity index (χ0) is 29.7. The fraction of sp³-hybridized carbons (Fsp3) is 0.345. The van der Waals surface area contributed by atoms with Crippen molar-refractivity contribution in [3.05, 3.63) is 88.3 Å². The summed E-state index contributed by atoms with van der Waals surface area (Å²) in [5, 5.41) is 3.50. The number of thioether (sulfide) groups is 1. The summed E-state index contributed by atoms with van der Waals surface area (Å²) in [6.07, 6.45) is 0.759. The van der Waals surface area contributed by atoms with E-state index in [9.17, 15) is 22.0 Å². The number of anilines is 1. The molecule has 2 aromatic carbocycles. The first-order valence-corrected chi connectivity index (χ1v) is 16.3. The second kappa shape index (κ2) is 13.2. The molecule has 1 N–H and O–H groups in total. The summed E-state index contributed by atoms with van der Waals surface area (Å²) in [5.74, 6) is 1.68. The lowest BCUT2D eigenvalue weighted by molar-refractivity contribution is 0.149. The van der Waals surface area contributed by atoms with Gasteiger partial charge in [-0.25, -0.2) is 26.5 Å². The minimum Gasteiger partial charge on any atom is -0.492 e. The number of piperidine rings is 1. The van der Waals surface area contributed by atoms with Crippen LogP contribution in [-0.2, 0) is 22.3 Å². The van der Waals surface area contributed by atoms with E-state index in [1.165, 1.54) is 26.9 Å². The highest BCUT2D eigenvalue weighted by molar-refractivity contribution is 7.98. The van der Waals surface area contributed by atoms with E-state index in [2.05, 4.69) is 27.4 Å². The third kappa shape index (κ3) is 7.44. The van der Waals surface area contributed by atoms with Crippen molar-refractivity contribution in [2.45, 2.75) is 42.5 Å². The SMILES string of the molecule is CS(=O)(=O)N1CCC(Nc2ncc3cc(C(F)F)c(=O)n(CCOc4ccc(SCc5ccccc5)cc4)c3n2)CC1. The number of sulfonamides is 1. The lowest BCUT2D eigenvalue weighted by Crippen LogP contribution is -2.42. The number of nitrogens with zero attached hydrogens (tertiary/aromatic N) is 4. The maximum atomic E-state index is 13.7. The Kier molecular flexibility index (Phi) is 9.39. The molecule has 0 unspecified atom stereocenters. The minimum atomic E-state index is -3.26. The summed E-state index contributed by atoms with van der Waals surface area (Å²) in [5.41, 5.74) is -0.0163. The second-order valence-corrected chi connectivity index (χ2v) is 13.0. The van der Waals surface area contributed by atoms with Crippen molar-refractivity contribution < 1.29 is 21.9 Å². The van der Waals surface area contributed by atoms with Crippen LogP contribution in [0.5, 0.6) is 5.75 Å². The number of aromatic nitrogens is 3. The Labute approximate surface area is 247 Å². The Morgan fingerprint density at radius 2 is 1.81 bits per heavy atom. The van der Waals surface area contributed by atoms with E-state index in [1.807, 2.05) is 42.5 Å². The third-order valence-corrected chi connectivity index (χ3v) is 9.39. The Morgan fingerprint density at radius 3 is 2.48 bits per heavy atom. The van der Waals surface area contributed by atoms with Gasteiger partial charge >= 0.3 is 0 Å². The molecule has 1 saturated heterocycles. The van der Waals surface area contributed by atoms with Crippen LogP contribution in [0.2, 0.25) is 0 Å². The number of rotatable bonds is 11. The van der Waals surface area contributed by atoms with Crippen LogP contribution >= 0.6 is 11.8 Å². The molecule has 4 aromatic rings. The number of pyridine rings is 1. The predicted octanol–water partition coefficient (Wildman–Crippen LogP) is 4.94. The van der Waals surface area contributed by atoms with Gasteiger partial charge in [0.25, 0.3) is 12.0 Å². The lowest BCUT2D eigenvalue weighted by atomic mass is 10.1. The number of nitrogens with one attached hydrogen (secondary N) is 1. The number of ether oxygens (including phenoxy) is 1. The second-order valence-electron chi connectivity index (χ2n) is 10.0.